The van der Waals surface area contributed by atoms with E-state index in [1.807, 2.05) is 6.07 Å². The number of methoxy groups -OCH3 is 2. The zero-order valence-electron chi connectivity index (χ0n) is 15.8. The van der Waals surface area contributed by atoms with E-state index < -0.39 is 5.97 Å². The van der Waals surface area contributed by atoms with Crippen LogP contribution >= 0.6 is 0 Å². The van der Waals surface area contributed by atoms with Crippen LogP contribution in [0.5, 0.6) is 11.5 Å². The summed E-state index contributed by atoms with van der Waals surface area (Å²) in [5, 5.41) is 0. The molecule has 7 heteroatoms. The Balaban J connectivity index is 1.50. The molecule has 0 fully saturated rings. The van der Waals surface area contributed by atoms with E-state index in [1.54, 1.807) is 50.6 Å². The van der Waals surface area contributed by atoms with Crippen LogP contribution in [0.25, 0.3) is 0 Å². The van der Waals surface area contributed by atoms with E-state index in [0.717, 1.165) is 10.5 Å². The van der Waals surface area contributed by atoms with Crippen LogP contribution in [0.3, 0.4) is 0 Å². The fourth-order valence-electron chi connectivity index (χ4n) is 3.08. The molecule has 2 amide bonds. The monoisotopic (exact) mass is 383 g/mol. The molecule has 1 aliphatic heterocycles. The van der Waals surface area contributed by atoms with Gasteiger partial charge in [-0.15, -0.1) is 0 Å². The average molecular weight is 383 g/mol. The number of amides is 2. The van der Waals surface area contributed by atoms with Gasteiger partial charge in [-0.3, -0.25) is 19.3 Å². The molecule has 0 radical (unpaired) electrons. The van der Waals surface area contributed by atoms with Crippen LogP contribution in [0.15, 0.2) is 42.5 Å². The molecule has 0 aliphatic carbocycles. The molecule has 0 unspecified atom stereocenters. The smallest absolute Gasteiger partial charge is 0.306 e. The van der Waals surface area contributed by atoms with Crippen molar-refractivity contribution in [1.82, 2.24) is 4.90 Å². The topological polar surface area (TPSA) is 82.1 Å². The molecule has 1 heterocycles. The fourth-order valence-corrected chi connectivity index (χ4v) is 3.08. The number of rotatable bonds is 8. The number of fused-ring (bicyclic) bond motifs is 1. The first-order valence-corrected chi connectivity index (χ1v) is 8.87. The molecular weight excluding hydrogens is 362 g/mol. The Bertz CT molecular complexity index is 873. The van der Waals surface area contributed by atoms with Crippen molar-refractivity contribution in [3.05, 3.63) is 59.2 Å². The molecule has 2 aromatic carbocycles. The maximum absolute atomic E-state index is 12.3. The molecule has 1 aliphatic rings. The standard InChI is InChI=1S/C21H21NO6/c1-26-15-8-9-18(27-2)14(13-15)7-10-19(23)28-12-11-22-20(24)16-5-3-4-6-17(16)21(22)25/h3-6,8-9,13H,7,10-12H2,1-2H3. The first-order chi connectivity index (χ1) is 13.5. The van der Waals surface area contributed by atoms with Gasteiger partial charge in [-0.1, -0.05) is 12.1 Å². The maximum Gasteiger partial charge on any atom is 0.306 e. The van der Waals surface area contributed by atoms with Crippen LogP contribution in [0, 0.1) is 0 Å². The van der Waals surface area contributed by atoms with Gasteiger partial charge in [-0.2, -0.15) is 0 Å². The summed E-state index contributed by atoms with van der Waals surface area (Å²) in [6.45, 7) is -0.0138. The minimum atomic E-state index is -0.415. The van der Waals surface area contributed by atoms with Crippen molar-refractivity contribution >= 4 is 17.8 Å². The normalized spacial score (nSPS) is 12.7. The van der Waals surface area contributed by atoms with Gasteiger partial charge in [0.2, 0.25) is 0 Å². The first-order valence-electron chi connectivity index (χ1n) is 8.87. The largest absolute Gasteiger partial charge is 0.497 e. The Morgan fingerprint density at radius 2 is 1.64 bits per heavy atom. The van der Waals surface area contributed by atoms with Gasteiger partial charge in [0, 0.05) is 6.42 Å². The summed E-state index contributed by atoms with van der Waals surface area (Å²) in [6.07, 6.45) is 0.567. The Morgan fingerprint density at radius 3 is 2.25 bits per heavy atom. The number of carbonyl (C=O) groups is 3. The number of ether oxygens (including phenoxy) is 3. The highest BCUT2D eigenvalue weighted by molar-refractivity contribution is 6.21. The molecule has 7 nitrogen and oxygen atoms in total. The Kier molecular flexibility index (Phi) is 5.93. The van der Waals surface area contributed by atoms with Gasteiger partial charge in [-0.05, 0) is 42.3 Å². The van der Waals surface area contributed by atoms with Crippen LogP contribution in [0.2, 0.25) is 0 Å². The fraction of sp³-hybridized carbons (Fsp3) is 0.286. The molecule has 3 rings (SSSR count). The highest BCUT2D eigenvalue weighted by atomic mass is 16.5. The van der Waals surface area contributed by atoms with Crippen molar-refractivity contribution in [3.63, 3.8) is 0 Å². The molecule has 28 heavy (non-hydrogen) atoms. The van der Waals surface area contributed by atoms with Crippen molar-refractivity contribution in [2.75, 3.05) is 27.4 Å². The van der Waals surface area contributed by atoms with Gasteiger partial charge >= 0.3 is 5.97 Å². The minimum absolute atomic E-state index is 0.0283. The second-order valence-electron chi connectivity index (χ2n) is 6.21. The van der Waals surface area contributed by atoms with E-state index in [-0.39, 0.29) is 31.4 Å². The van der Waals surface area contributed by atoms with Crippen molar-refractivity contribution in [1.29, 1.82) is 0 Å². The summed E-state index contributed by atoms with van der Waals surface area (Å²) in [4.78, 5) is 37.7. The van der Waals surface area contributed by atoms with Gasteiger partial charge < -0.3 is 14.2 Å². The van der Waals surface area contributed by atoms with Crippen molar-refractivity contribution in [2.45, 2.75) is 12.8 Å². The lowest BCUT2D eigenvalue weighted by molar-refractivity contribution is -0.143. The SMILES string of the molecule is COc1ccc(OC)c(CCC(=O)OCCN2C(=O)c3ccccc3C2=O)c1. The molecule has 0 saturated heterocycles. The summed E-state index contributed by atoms with van der Waals surface area (Å²) in [5.74, 6) is 0.200. The summed E-state index contributed by atoms with van der Waals surface area (Å²) in [6, 6.07) is 12.0. The van der Waals surface area contributed by atoms with Crippen LogP contribution in [0.1, 0.15) is 32.7 Å². The third-order valence-electron chi connectivity index (χ3n) is 4.54. The summed E-state index contributed by atoms with van der Waals surface area (Å²) < 4.78 is 15.7. The second-order valence-corrected chi connectivity index (χ2v) is 6.21. The average Bonchev–Trinajstić information content (AvgIpc) is 2.97. The highest BCUT2D eigenvalue weighted by Crippen LogP contribution is 2.25. The van der Waals surface area contributed by atoms with Crippen LogP contribution in [-0.4, -0.2) is 50.1 Å². The number of imide groups is 1. The van der Waals surface area contributed by atoms with Gasteiger partial charge in [0.15, 0.2) is 0 Å². The third kappa shape index (κ3) is 3.98. The Hall–Kier alpha value is -3.35. The van der Waals surface area contributed by atoms with Crippen molar-refractivity contribution in [3.8, 4) is 11.5 Å². The van der Waals surface area contributed by atoms with Crippen LogP contribution in [-0.2, 0) is 16.0 Å². The van der Waals surface area contributed by atoms with Gasteiger partial charge in [0.1, 0.15) is 18.1 Å². The predicted octanol–water partition coefficient (Wildman–Crippen LogP) is 2.48. The number of esters is 1. The van der Waals surface area contributed by atoms with E-state index in [2.05, 4.69) is 0 Å². The quantitative estimate of drug-likeness (QED) is 0.515. The zero-order chi connectivity index (χ0) is 20.1. The molecule has 0 aromatic heterocycles. The lowest BCUT2D eigenvalue weighted by Crippen LogP contribution is -2.33. The van der Waals surface area contributed by atoms with Crippen LogP contribution < -0.4 is 9.47 Å². The predicted molar refractivity (Wildman–Crippen MR) is 101 cm³/mol. The van der Waals surface area contributed by atoms with Crippen molar-refractivity contribution in [2.24, 2.45) is 0 Å². The highest BCUT2D eigenvalue weighted by Gasteiger charge is 2.34. The summed E-state index contributed by atoms with van der Waals surface area (Å²) in [7, 11) is 3.13. The number of aryl methyl sites for hydroxylation is 1. The summed E-state index contributed by atoms with van der Waals surface area (Å²) >= 11 is 0. The second kappa shape index (κ2) is 8.56. The molecule has 2 aromatic rings. The zero-order valence-corrected chi connectivity index (χ0v) is 15.8. The lowest BCUT2D eigenvalue weighted by atomic mass is 10.1. The first kappa shape index (κ1) is 19.4. The Labute approximate surface area is 162 Å². The molecule has 146 valence electrons. The molecule has 0 atom stereocenters. The molecule has 0 bridgehead atoms. The van der Waals surface area contributed by atoms with E-state index in [1.165, 1.54) is 0 Å². The summed E-state index contributed by atoms with van der Waals surface area (Å²) in [5.41, 5.74) is 1.59. The number of benzene rings is 2. The molecule has 0 spiro atoms. The number of hydrogen-bond donors (Lipinski definition) is 0. The number of nitrogens with zero attached hydrogens (tertiary/aromatic N) is 1. The van der Waals surface area contributed by atoms with E-state index in [9.17, 15) is 14.4 Å². The van der Waals surface area contributed by atoms with E-state index in [0.29, 0.717) is 29.0 Å². The maximum atomic E-state index is 12.3. The third-order valence-corrected chi connectivity index (χ3v) is 4.54. The molecule has 0 N–H and O–H groups in total. The van der Waals surface area contributed by atoms with Gasteiger partial charge in [0.05, 0.1) is 31.9 Å². The number of carbonyl (C=O) groups excluding carboxylic acids is 3. The molecular formula is C21H21NO6. The van der Waals surface area contributed by atoms with Gasteiger partial charge in [0.25, 0.3) is 11.8 Å². The lowest BCUT2D eigenvalue weighted by Gasteiger charge is -2.14. The van der Waals surface area contributed by atoms with Gasteiger partial charge in [-0.25, -0.2) is 0 Å². The van der Waals surface area contributed by atoms with Crippen LogP contribution in [0.4, 0.5) is 0 Å². The minimum Gasteiger partial charge on any atom is -0.497 e. The Morgan fingerprint density at radius 1 is 0.964 bits per heavy atom. The number of hydrogen-bond acceptors (Lipinski definition) is 6. The van der Waals surface area contributed by atoms with E-state index in [4.69, 9.17) is 14.2 Å². The molecule has 0 saturated carbocycles. The van der Waals surface area contributed by atoms with Crippen molar-refractivity contribution < 1.29 is 28.6 Å². The van der Waals surface area contributed by atoms with E-state index >= 15 is 0 Å².